The standard InChI is InChI=1S/C15H30N2O2/c1-4-10-16-14(15(18)19-5-2)9-12-17-11-7-6-8-13(17)3/h13-14,16H,4-12H2,1-3H3. The van der Waals surface area contributed by atoms with E-state index in [0.717, 1.165) is 25.9 Å². The lowest BCUT2D eigenvalue weighted by Crippen LogP contribution is -2.44. The van der Waals surface area contributed by atoms with Crippen molar-refractivity contribution >= 4 is 5.97 Å². The van der Waals surface area contributed by atoms with Crippen LogP contribution in [0.25, 0.3) is 0 Å². The van der Waals surface area contributed by atoms with Gasteiger partial charge in [0.15, 0.2) is 0 Å². The van der Waals surface area contributed by atoms with Crippen molar-refractivity contribution in [1.82, 2.24) is 10.2 Å². The van der Waals surface area contributed by atoms with Gasteiger partial charge in [0.1, 0.15) is 6.04 Å². The lowest BCUT2D eigenvalue weighted by Gasteiger charge is -2.34. The Balaban J connectivity index is 2.39. The Kier molecular flexibility index (Phi) is 8.07. The maximum atomic E-state index is 11.9. The van der Waals surface area contributed by atoms with Crippen molar-refractivity contribution in [1.29, 1.82) is 0 Å². The molecule has 1 heterocycles. The molecule has 2 unspecified atom stereocenters. The largest absolute Gasteiger partial charge is 0.465 e. The van der Waals surface area contributed by atoms with Gasteiger partial charge in [-0.1, -0.05) is 13.3 Å². The van der Waals surface area contributed by atoms with Crippen LogP contribution in [-0.2, 0) is 9.53 Å². The van der Waals surface area contributed by atoms with Crippen molar-refractivity contribution in [2.24, 2.45) is 0 Å². The van der Waals surface area contributed by atoms with Crippen LogP contribution in [0.5, 0.6) is 0 Å². The molecule has 2 atom stereocenters. The third-order valence-corrected chi connectivity index (χ3v) is 3.86. The third-order valence-electron chi connectivity index (χ3n) is 3.86. The lowest BCUT2D eigenvalue weighted by atomic mass is 10.0. The summed E-state index contributed by atoms with van der Waals surface area (Å²) in [5.74, 6) is -0.0967. The molecule has 0 aromatic rings. The first kappa shape index (κ1) is 16.4. The SMILES string of the molecule is CCCNC(CCN1CCCCC1C)C(=O)OCC. The molecule has 1 N–H and O–H groups in total. The van der Waals surface area contributed by atoms with Crippen LogP contribution in [0.1, 0.15) is 52.9 Å². The van der Waals surface area contributed by atoms with Gasteiger partial charge in [-0.25, -0.2) is 0 Å². The molecular weight excluding hydrogens is 240 g/mol. The van der Waals surface area contributed by atoms with Crippen LogP contribution in [0.4, 0.5) is 0 Å². The van der Waals surface area contributed by atoms with Gasteiger partial charge in [-0.3, -0.25) is 4.79 Å². The van der Waals surface area contributed by atoms with E-state index in [4.69, 9.17) is 4.74 Å². The Bertz CT molecular complexity index is 259. The molecule has 1 fully saturated rings. The van der Waals surface area contributed by atoms with Crippen molar-refractivity contribution in [2.75, 3.05) is 26.2 Å². The van der Waals surface area contributed by atoms with Crippen molar-refractivity contribution in [3.05, 3.63) is 0 Å². The maximum Gasteiger partial charge on any atom is 0.323 e. The minimum absolute atomic E-state index is 0.0967. The smallest absolute Gasteiger partial charge is 0.323 e. The van der Waals surface area contributed by atoms with E-state index in [1.807, 2.05) is 6.92 Å². The molecule has 19 heavy (non-hydrogen) atoms. The highest BCUT2D eigenvalue weighted by Gasteiger charge is 2.23. The second-order valence-corrected chi connectivity index (χ2v) is 5.43. The lowest BCUT2D eigenvalue weighted by molar-refractivity contribution is -0.146. The number of ether oxygens (including phenoxy) is 1. The Morgan fingerprint density at radius 2 is 2.21 bits per heavy atom. The number of hydrogen-bond donors (Lipinski definition) is 1. The topological polar surface area (TPSA) is 41.6 Å². The summed E-state index contributed by atoms with van der Waals surface area (Å²) in [6.45, 7) is 9.76. The minimum Gasteiger partial charge on any atom is -0.465 e. The summed E-state index contributed by atoms with van der Waals surface area (Å²) in [5, 5.41) is 3.31. The van der Waals surface area contributed by atoms with Crippen molar-refractivity contribution in [2.45, 2.75) is 65.0 Å². The van der Waals surface area contributed by atoms with Gasteiger partial charge in [0.05, 0.1) is 6.61 Å². The van der Waals surface area contributed by atoms with E-state index in [9.17, 15) is 4.79 Å². The summed E-state index contributed by atoms with van der Waals surface area (Å²) in [7, 11) is 0. The van der Waals surface area contributed by atoms with E-state index in [0.29, 0.717) is 12.6 Å². The van der Waals surface area contributed by atoms with Crippen LogP contribution in [0.3, 0.4) is 0 Å². The van der Waals surface area contributed by atoms with Gasteiger partial charge in [0.2, 0.25) is 0 Å². The number of esters is 1. The molecule has 4 heteroatoms. The first-order chi connectivity index (χ1) is 9.19. The highest BCUT2D eigenvalue weighted by atomic mass is 16.5. The van der Waals surface area contributed by atoms with Gasteiger partial charge in [0.25, 0.3) is 0 Å². The molecule has 0 aliphatic carbocycles. The van der Waals surface area contributed by atoms with E-state index < -0.39 is 0 Å². The zero-order valence-electron chi connectivity index (χ0n) is 12.8. The summed E-state index contributed by atoms with van der Waals surface area (Å²) in [6, 6.07) is 0.511. The number of rotatable bonds is 8. The van der Waals surface area contributed by atoms with Crippen molar-refractivity contribution in [3.63, 3.8) is 0 Å². The summed E-state index contributed by atoms with van der Waals surface area (Å²) in [5.41, 5.74) is 0. The fraction of sp³-hybridized carbons (Fsp3) is 0.933. The van der Waals surface area contributed by atoms with Gasteiger partial charge < -0.3 is 15.0 Å². The third kappa shape index (κ3) is 5.91. The Hall–Kier alpha value is -0.610. The molecule has 1 aliphatic heterocycles. The van der Waals surface area contributed by atoms with E-state index in [1.165, 1.54) is 25.8 Å². The van der Waals surface area contributed by atoms with Crippen LogP contribution < -0.4 is 5.32 Å². The molecule has 1 rings (SSSR count). The van der Waals surface area contributed by atoms with Crippen LogP contribution in [0, 0.1) is 0 Å². The van der Waals surface area contributed by atoms with Gasteiger partial charge in [-0.2, -0.15) is 0 Å². The molecular formula is C15H30N2O2. The van der Waals surface area contributed by atoms with Gasteiger partial charge >= 0.3 is 5.97 Å². The average Bonchev–Trinajstić information content (AvgIpc) is 2.41. The number of carbonyl (C=O) groups excluding carboxylic acids is 1. The molecule has 0 bridgehead atoms. The number of hydrogen-bond acceptors (Lipinski definition) is 4. The highest BCUT2D eigenvalue weighted by Crippen LogP contribution is 2.16. The molecule has 0 radical (unpaired) electrons. The van der Waals surface area contributed by atoms with Crippen LogP contribution in [-0.4, -0.2) is 49.2 Å². The molecule has 4 nitrogen and oxygen atoms in total. The summed E-state index contributed by atoms with van der Waals surface area (Å²) >= 11 is 0. The Morgan fingerprint density at radius 3 is 2.84 bits per heavy atom. The zero-order valence-corrected chi connectivity index (χ0v) is 12.8. The first-order valence-electron chi connectivity index (χ1n) is 7.83. The Labute approximate surface area is 117 Å². The molecule has 112 valence electrons. The van der Waals surface area contributed by atoms with E-state index >= 15 is 0 Å². The van der Waals surface area contributed by atoms with Crippen LogP contribution in [0.2, 0.25) is 0 Å². The number of piperidine rings is 1. The Morgan fingerprint density at radius 1 is 1.42 bits per heavy atom. The summed E-state index contributed by atoms with van der Waals surface area (Å²) in [4.78, 5) is 14.4. The number of carbonyl (C=O) groups is 1. The fourth-order valence-corrected chi connectivity index (χ4v) is 2.65. The predicted octanol–water partition coefficient (Wildman–Crippen LogP) is 2.18. The number of nitrogens with zero attached hydrogens (tertiary/aromatic N) is 1. The van der Waals surface area contributed by atoms with Gasteiger partial charge in [-0.05, 0) is 52.6 Å². The van der Waals surface area contributed by atoms with E-state index in [2.05, 4.69) is 24.1 Å². The predicted molar refractivity (Wildman–Crippen MR) is 78.2 cm³/mol. The van der Waals surface area contributed by atoms with E-state index in [1.54, 1.807) is 0 Å². The fourth-order valence-electron chi connectivity index (χ4n) is 2.65. The molecule has 0 aromatic heterocycles. The molecule has 0 saturated carbocycles. The minimum atomic E-state index is -0.144. The molecule has 0 spiro atoms. The monoisotopic (exact) mass is 270 g/mol. The normalized spacial score (nSPS) is 22.2. The highest BCUT2D eigenvalue weighted by molar-refractivity contribution is 5.75. The molecule has 1 aliphatic rings. The van der Waals surface area contributed by atoms with Crippen molar-refractivity contribution < 1.29 is 9.53 Å². The van der Waals surface area contributed by atoms with Gasteiger partial charge in [0, 0.05) is 12.6 Å². The second kappa shape index (κ2) is 9.32. The van der Waals surface area contributed by atoms with Crippen molar-refractivity contribution in [3.8, 4) is 0 Å². The van der Waals surface area contributed by atoms with E-state index in [-0.39, 0.29) is 12.0 Å². The van der Waals surface area contributed by atoms with Crippen LogP contribution in [0.15, 0.2) is 0 Å². The summed E-state index contributed by atoms with van der Waals surface area (Å²) < 4.78 is 5.15. The van der Waals surface area contributed by atoms with Crippen LogP contribution >= 0.6 is 0 Å². The first-order valence-corrected chi connectivity index (χ1v) is 7.83. The number of likely N-dealkylation sites (tertiary alicyclic amines) is 1. The van der Waals surface area contributed by atoms with Gasteiger partial charge in [-0.15, -0.1) is 0 Å². The molecule has 0 aromatic carbocycles. The molecule has 1 saturated heterocycles. The second-order valence-electron chi connectivity index (χ2n) is 5.43. The molecule has 0 amide bonds. The quantitative estimate of drug-likeness (QED) is 0.686. The average molecular weight is 270 g/mol. The zero-order chi connectivity index (χ0) is 14.1. The maximum absolute atomic E-state index is 11.9. The summed E-state index contributed by atoms with van der Waals surface area (Å²) in [6.07, 6.45) is 5.80. The number of nitrogens with one attached hydrogen (secondary N) is 1.